The molecule has 1 aliphatic heterocycles. The molecule has 1 aliphatic rings. The van der Waals surface area contributed by atoms with Crippen molar-refractivity contribution in [2.45, 2.75) is 25.3 Å². The molecule has 0 radical (unpaired) electrons. The van der Waals surface area contributed by atoms with Gasteiger partial charge in [-0.2, -0.15) is 0 Å². The highest BCUT2D eigenvalue weighted by molar-refractivity contribution is 5.85. The van der Waals surface area contributed by atoms with Crippen molar-refractivity contribution in [3.05, 3.63) is 0 Å². The van der Waals surface area contributed by atoms with Gasteiger partial charge in [0.05, 0.1) is 12.6 Å². The summed E-state index contributed by atoms with van der Waals surface area (Å²) in [6.45, 7) is 2.79. The Bertz CT molecular complexity index is 153. The molecule has 2 N–H and O–H groups in total. The van der Waals surface area contributed by atoms with E-state index in [9.17, 15) is 4.79 Å². The zero-order valence-corrected chi connectivity index (χ0v) is 6.94. The third kappa shape index (κ3) is 1.70. The van der Waals surface area contributed by atoms with Crippen molar-refractivity contribution in [2.24, 2.45) is 0 Å². The topological polar surface area (TPSA) is 50.4 Å². The third-order valence-corrected chi connectivity index (χ3v) is 2.06. The first kappa shape index (κ1) is 8.49. The minimum Gasteiger partial charge on any atom is -0.303 e. The molecule has 0 saturated carbocycles. The normalized spacial score (nSPS) is 30.4. The van der Waals surface area contributed by atoms with Crippen LogP contribution in [0.4, 0.5) is 0 Å². The molecular formula is C7H14N2O2. The van der Waals surface area contributed by atoms with Crippen molar-refractivity contribution in [1.29, 1.82) is 0 Å². The van der Waals surface area contributed by atoms with Crippen LogP contribution in [0.2, 0.25) is 0 Å². The predicted octanol–water partition coefficient (Wildman–Crippen LogP) is -0.194. The van der Waals surface area contributed by atoms with Gasteiger partial charge in [0.2, 0.25) is 0 Å². The summed E-state index contributed by atoms with van der Waals surface area (Å²) >= 11 is 0. The molecule has 0 aliphatic carbocycles. The number of carbonyl (C=O) groups excluding carboxylic acids is 1. The molecule has 0 aromatic heterocycles. The lowest BCUT2D eigenvalue weighted by Gasteiger charge is -2.21. The van der Waals surface area contributed by atoms with Crippen molar-refractivity contribution in [1.82, 2.24) is 10.8 Å². The van der Waals surface area contributed by atoms with Crippen molar-refractivity contribution in [3.63, 3.8) is 0 Å². The molecule has 1 amide bonds. The molecule has 64 valence electrons. The fourth-order valence-corrected chi connectivity index (χ4v) is 1.29. The Hall–Kier alpha value is -0.610. The molecule has 11 heavy (non-hydrogen) atoms. The molecule has 0 bridgehead atoms. The lowest BCUT2D eigenvalue weighted by atomic mass is 10.0. The number of hydrogen-bond donors (Lipinski definition) is 2. The number of nitrogens with one attached hydrogen (secondary N) is 2. The Morgan fingerprint density at radius 2 is 2.45 bits per heavy atom. The maximum atomic E-state index is 11.3. The Morgan fingerprint density at radius 1 is 1.73 bits per heavy atom. The summed E-state index contributed by atoms with van der Waals surface area (Å²) in [6, 6.07) is 0. The molecule has 4 nitrogen and oxygen atoms in total. The van der Waals surface area contributed by atoms with Crippen LogP contribution in [0.3, 0.4) is 0 Å². The van der Waals surface area contributed by atoms with Gasteiger partial charge in [-0.15, -0.1) is 0 Å². The SMILES string of the molecule is CONC(=O)C1(C)CCCN1. The van der Waals surface area contributed by atoms with Crippen LogP contribution in [-0.2, 0) is 9.63 Å². The smallest absolute Gasteiger partial charge is 0.263 e. The van der Waals surface area contributed by atoms with E-state index in [-0.39, 0.29) is 5.91 Å². The zero-order chi connectivity index (χ0) is 8.32. The molecule has 1 heterocycles. The van der Waals surface area contributed by atoms with Crippen molar-refractivity contribution >= 4 is 5.91 Å². The highest BCUT2D eigenvalue weighted by atomic mass is 16.6. The second-order valence-electron chi connectivity index (χ2n) is 3.00. The first-order chi connectivity index (χ1) is 5.19. The van der Waals surface area contributed by atoms with Crippen LogP contribution in [0.25, 0.3) is 0 Å². The number of carbonyl (C=O) groups is 1. The van der Waals surface area contributed by atoms with Gasteiger partial charge >= 0.3 is 0 Å². The monoisotopic (exact) mass is 158 g/mol. The summed E-state index contributed by atoms with van der Waals surface area (Å²) in [5.41, 5.74) is 1.91. The third-order valence-electron chi connectivity index (χ3n) is 2.06. The maximum absolute atomic E-state index is 11.3. The van der Waals surface area contributed by atoms with Crippen LogP contribution in [-0.4, -0.2) is 25.1 Å². The van der Waals surface area contributed by atoms with Gasteiger partial charge in [-0.1, -0.05) is 0 Å². The molecule has 1 fully saturated rings. The minimum absolute atomic E-state index is 0.0856. The molecule has 0 spiro atoms. The highest BCUT2D eigenvalue weighted by Crippen LogP contribution is 2.17. The van der Waals surface area contributed by atoms with E-state index < -0.39 is 5.54 Å². The maximum Gasteiger partial charge on any atom is 0.263 e. The van der Waals surface area contributed by atoms with Gasteiger partial charge in [-0.3, -0.25) is 9.63 Å². The number of hydrogen-bond acceptors (Lipinski definition) is 3. The summed E-state index contributed by atoms with van der Waals surface area (Å²) < 4.78 is 0. The first-order valence-electron chi connectivity index (χ1n) is 3.77. The Kier molecular flexibility index (Phi) is 2.46. The highest BCUT2D eigenvalue weighted by Gasteiger charge is 2.35. The number of rotatable bonds is 2. The van der Waals surface area contributed by atoms with Crippen LogP contribution in [0.5, 0.6) is 0 Å². The first-order valence-corrected chi connectivity index (χ1v) is 3.77. The average Bonchev–Trinajstić information content (AvgIpc) is 2.38. The van der Waals surface area contributed by atoms with Gasteiger partial charge in [0.15, 0.2) is 0 Å². The van der Waals surface area contributed by atoms with Gasteiger partial charge in [0.1, 0.15) is 0 Å². The van der Waals surface area contributed by atoms with E-state index in [0.717, 1.165) is 19.4 Å². The second-order valence-corrected chi connectivity index (χ2v) is 3.00. The fraction of sp³-hybridized carbons (Fsp3) is 0.857. The summed E-state index contributed by atoms with van der Waals surface area (Å²) in [4.78, 5) is 15.8. The summed E-state index contributed by atoms with van der Waals surface area (Å²) in [7, 11) is 1.44. The van der Waals surface area contributed by atoms with E-state index >= 15 is 0 Å². The van der Waals surface area contributed by atoms with Gasteiger partial charge in [0.25, 0.3) is 5.91 Å². The largest absolute Gasteiger partial charge is 0.303 e. The van der Waals surface area contributed by atoms with Gasteiger partial charge in [-0.25, -0.2) is 5.48 Å². The van der Waals surface area contributed by atoms with E-state index in [1.165, 1.54) is 7.11 Å². The minimum atomic E-state index is -0.421. The van der Waals surface area contributed by atoms with Crippen molar-refractivity contribution in [3.8, 4) is 0 Å². The molecule has 1 atom stereocenters. The summed E-state index contributed by atoms with van der Waals surface area (Å²) in [6.07, 6.45) is 1.93. The van der Waals surface area contributed by atoms with Gasteiger partial charge in [-0.05, 0) is 26.3 Å². The number of amides is 1. The standard InChI is InChI=1S/C7H14N2O2/c1-7(4-3-5-8-7)6(10)9-11-2/h8H,3-5H2,1-2H3,(H,9,10). The van der Waals surface area contributed by atoms with E-state index in [1.54, 1.807) is 0 Å². The van der Waals surface area contributed by atoms with Crippen LogP contribution in [0.1, 0.15) is 19.8 Å². The molecular weight excluding hydrogens is 144 g/mol. The molecule has 4 heteroatoms. The quantitative estimate of drug-likeness (QED) is 0.547. The van der Waals surface area contributed by atoms with Crippen LogP contribution in [0, 0.1) is 0 Å². The van der Waals surface area contributed by atoms with E-state index in [0.29, 0.717) is 0 Å². The molecule has 1 saturated heterocycles. The lowest BCUT2D eigenvalue weighted by Crippen LogP contribution is -2.50. The van der Waals surface area contributed by atoms with Crippen LogP contribution in [0.15, 0.2) is 0 Å². The van der Waals surface area contributed by atoms with Gasteiger partial charge in [0, 0.05) is 0 Å². The Balaban J connectivity index is 2.49. The number of hydroxylamine groups is 1. The summed E-state index contributed by atoms with van der Waals surface area (Å²) in [5.74, 6) is -0.0856. The second kappa shape index (κ2) is 3.19. The summed E-state index contributed by atoms with van der Waals surface area (Å²) in [5, 5.41) is 3.13. The fourth-order valence-electron chi connectivity index (χ4n) is 1.29. The average molecular weight is 158 g/mol. The van der Waals surface area contributed by atoms with Gasteiger partial charge < -0.3 is 5.32 Å². The molecule has 1 rings (SSSR count). The predicted molar refractivity (Wildman–Crippen MR) is 40.8 cm³/mol. The molecule has 1 unspecified atom stereocenters. The van der Waals surface area contributed by atoms with Crippen LogP contribution < -0.4 is 10.8 Å². The van der Waals surface area contributed by atoms with E-state index in [2.05, 4.69) is 15.6 Å². The molecule has 0 aromatic carbocycles. The zero-order valence-electron chi connectivity index (χ0n) is 6.94. The van der Waals surface area contributed by atoms with Crippen LogP contribution >= 0.6 is 0 Å². The molecule has 0 aromatic rings. The Labute approximate surface area is 66.3 Å². The Morgan fingerprint density at radius 3 is 2.91 bits per heavy atom. The van der Waals surface area contributed by atoms with Crippen molar-refractivity contribution in [2.75, 3.05) is 13.7 Å². The van der Waals surface area contributed by atoms with Crippen molar-refractivity contribution < 1.29 is 9.63 Å². The lowest BCUT2D eigenvalue weighted by molar-refractivity contribution is -0.137. The van der Waals surface area contributed by atoms with E-state index in [4.69, 9.17) is 0 Å². The van der Waals surface area contributed by atoms with E-state index in [1.807, 2.05) is 6.92 Å².